The molecule has 7 heteroatoms. The Labute approximate surface area is 91.7 Å². The van der Waals surface area contributed by atoms with Crippen molar-refractivity contribution in [3.63, 3.8) is 0 Å². The van der Waals surface area contributed by atoms with E-state index < -0.39 is 11.9 Å². The molecule has 1 aromatic heterocycles. The van der Waals surface area contributed by atoms with Crippen molar-refractivity contribution >= 4 is 11.9 Å². The van der Waals surface area contributed by atoms with Crippen molar-refractivity contribution in [2.24, 2.45) is 0 Å². The van der Waals surface area contributed by atoms with Crippen LogP contribution in [-0.4, -0.2) is 43.2 Å². The van der Waals surface area contributed by atoms with Gasteiger partial charge in [0.15, 0.2) is 11.4 Å². The van der Waals surface area contributed by atoms with Crippen LogP contribution in [0.25, 0.3) is 0 Å². The molecule has 0 bridgehead atoms. The predicted molar refractivity (Wildman–Crippen MR) is 52.0 cm³/mol. The Balaban J connectivity index is 3.12. The lowest BCUT2D eigenvalue weighted by atomic mass is 10.3. The highest BCUT2D eigenvalue weighted by Gasteiger charge is 2.23. The van der Waals surface area contributed by atoms with Crippen LogP contribution >= 0.6 is 0 Å². The van der Waals surface area contributed by atoms with Crippen molar-refractivity contribution in [1.82, 2.24) is 9.97 Å². The molecule has 88 valence electrons. The number of nitrogens with one attached hydrogen (secondary N) is 1. The highest BCUT2D eigenvalue weighted by Crippen LogP contribution is 2.09. The molecule has 0 aromatic carbocycles. The van der Waals surface area contributed by atoms with Crippen LogP contribution in [0.5, 0.6) is 0 Å². The molecule has 16 heavy (non-hydrogen) atoms. The number of carbonyl (C=O) groups is 2. The van der Waals surface area contributed by atoms with Gasteiger partial charge in [-0.25, -0.2) is 14.6 Å². The summed E-state index contributed by atoms with van der Waals surface area (Å²) in [7, 11) is 3.88. The fourth-order valence-electron chi connectivity index (χ4n) is 1.12. The fraction of sp³-hybridized carbons (Fsp3) is 0.444. The SMILES string of the molecule is COCc1nc(C(=O)OC)c(C(=O)OC)[nH]1. The molecule has 0 saturated carbocycles. The van der Waals surface area contributed by atoms with Crippen LogP contribution in [-0.2, 0) is 20.8 Å². The molecule has 1 heterocycles. The van der Waals surface area contributed by atoms with E-state index in [4.69, 9.17) is 4.74 Å². The average Bonchev–Trinajstić information content (AvgIpc) is 2.71. The second-order valence-electron chi connectivity index (χ2n) is 2.82. The van der Waals surface area contributed by atoms with Gasteiger partial charge in [-0.2, -0.15) is 0 Å². The second-order valence-corrected chi connectivity index (χ2v) is 2.82. The Hall–Kier alpha value is -1.89. The third-order valence-corrected chi connectivity index (χ3v) is 1.80. The topological polar surface area (TPSA) is 90.5 Å². The first-order valence-corrected chi connectivity index (χ1v) is 4.38. The zero-order valence-electron chi connectivity index (χ0n) is 9.20. The van der Waals surface area contributed by atoms with Crippen molar-refractivity contribution in [3.05, 3.63) is 17.2 Å². The highest BCUT2D eigenvalue weighted by molar-refractivity contribution is 6.00. The lowest BCUT2D eigenvalue weighted by Crippen LogP contribution is -2.11. The monoisotopic (exact) mass is 228 g/mol. The van der Waals surface area contributed by atoms with E-state index >= 15 is 0 Å². The fourth-order valence-corrected chi connectivity index (χ4v) is 1.12. The Bertz CT molecular complexity index is 365. The van der Waals surface area contributed by atoms with Gasteiger partial charge in [0.05, 0.1) is 14.2 Å². The smallest absolute Gasteiger partial charge is 0.359 e. The molecule has 1 N–H and O–H groups in total. The minimum Gasteiger partial charge on any atom is -0.464 e. The summed E-state index contributed by atoms with van der Waals surface area (Å²) in [5.41, 5.74) is -0.150. The minimum atomic E-state index is -0.709. The van der Waals surface area contributed by atoms with Crippen LogP contribution in [0.3, 0.4) is 0 Å². The summed E-state index contributed by atoms with van der Waals surface area (Å²) >= 11 is 0. The number of ether oxygens (including phenoxy) is 3. The second kappa shape index (κ2) is 5.26. The molecule has 0 amide bonds. The maximum atomic E-state index is 11.3. The molecule has 7 nitrogen and oxygen atoms in total. The number of esters is 2. The van der Waals surface area contributed by atoms with Crippen molar-refractivity contribution < 1.29 is 23.8 Å². The number of aromatic nitrogens is 2. The summed E-state index contributed by atoms with van der Waals surface area (Å²) in [5.74, 6) is -1.04. The third-order valence-electron chi connectivity index (χ3n) is 1.80. The number of nitrogens with zero attached hydrogens (tertiary/aromatic N) is 1. The number of carbonyl (C=O) groups excluding carboxylic acids is 2. The first-order chi connectivity index (χ1) is 7.63. The van der Waals surface area contributed by atoms with Gasteiger partial charge in [-0.15, -0.1) is 0 Å². The zero-order valence-corrected chi connectivity index (χ0v) is 9.20. The van der Waals surface area contributed by atoms with Crippen LogP contribution in [0.1, 0.15) is 26.8 Å². The lowest BCUT2D eigenvalue weighted by Gasteiger charge is -1.98. The van der Waals surface area contributed by atoms with Crippen LogP contribution in [0.15, 0.2) is 0 Å². The van der Waals surface area contributed by atoms with E-state index in [0.717, 1.165) is 0 Å². The summed E-state index contributed by atoms with van der Waals surface area (Å²) in [6.07, 6.45) is 0. The van der Waals surface area contributed by atoms with Crippen molar-refractivity contribution in [3.8, 4) is 0 Å². The van der Waals surface area contributed by atoms with Gasteiger partial charge < -0.3 is 19.2 Å². The first-order valence-electron chi connectivity index (χ1n) is 4.38. The van der Waals surface area contributed by atoms with Gasteiger partial charge in [-0.3, -0.25) is 0 Å². The maximum absolute atomic E-state index is 11.3. The van der Waals surface area contributed by atoms with Gasteiger partial charge >= 0.3 is 11.9 Å². The molecule has 0 atom stereocenters. The van der Waals surface area contributed by atoms with E-state index in [-0.39, 0.29) is 18.0 Å². The Morgan fingerprint density at radius 3 is 2.31 bits per heavy atom. The summed E-state index contributed by atoms with van der Waals surface area (Å²) in [5, 5.41) is 0. The number of hydrogen-bond acceptors (Lipinski definition) is 6. The van der Waals surface area contributed by atoms with Crippen molar-refractivity contribution in [2.75, 3.05) is 21.3 Å². The van der Waals surface area contributed by atoms with E-state index in [1.165, 1.54) is 21.3 Å². The zero-order chi connectivity index (χ0) is 12.1. The lowest BCUT2D eigenvalue weighted by molar-refractivity contribution is 0.0548. The van der Waals surface area contributed by atoms with E-state index in [1.54, 1.807) is 0 Å². The van der Waals surface area contributed by atoms with Crippen LogP contribution < -0.4 is 0 Å². The largest absolute Gasteiger partial charge is 0.464 e. The average molecular weight is 228 g/mol. The van der Waals surface area contributed by atoms with E-state index in [0.29, 0.717) is 5.82 Å². The quantitative estimate of drug-likeness (QED) is 0.736. The molecule has 1 rings (SSSR count). The summed E-state index contributed by atoms with van der Waals surface area (Å²) < 4.78 is 13.8. The predicted octanol–water partition coefficient (Wildman–Crippen LogP) is 0.129. The number of H-pyrrole nitrogens is 1. The summed E-state index contributed by atoms with van der Waals surface area (Å²) in [6, 6.07) is 0. The van der Waals surface area contributed by atoms with E-state index in [9.17, 15) is 9.59 Å². The van der Waals surface area contributed by atoms with Crippen LogP contribution in [0, 0.1) is 0 Å². The molecule has 0 spiro atoms. The molecular formula is C9H12N2O5. The number of aromatic amines is 1. The van der Waals surface area contributed by atoms with Gasteiger partial charge in [0, 0.05) is 7.11 Å². The highest BCUT2D eigenvalue weighted by atomic mass is 16.5. The van der Waals surface area contributed by atoms with Crippen LogP contribution in [0.4, 0.5) is 0 Å². The van der Waals surface area contributed by atoms with E-state index in [1.807, 2.05) is 0 Å². The Morgan fingerprint density at radius 2 is 1.81 bits per heavy atom. The molecule has 0 fully saturated rings. The van der Waals surface area contributed by atoms with Crippen molar-refractivity contribution in [2.45, 2.75) is 6.61 Å². The number of imidazole rings is 1. The summed E-state index contributed by atoms with van der Waals surface area (Å²) in [4.78, 5) is 29.2. The molecule has 0 unspecified atom stereocenters. The molecule has 1 aromatic rings. The third kappa shape index (κ3) is 2.37. The van der Waals surface area contributed by atoms with Gasteiger partial charge in [-0.1, -0.05) is 0 Å². The standard InChI is InChI=1S/C9H12N2O5/c1-14-4-5-10-6(8(12)15-2)7(11-5)9(13)16-3/h4H2,1-3H3,(H,10,11). The van der Waals surface area contributed by atoms with Crippen LogP contribution in [0.2, 0.25) is 0 Å². The minimum absolute atomic E-state index is 0.0404. The molecular weight excluding hydrogens is 216 g/mol. The summed E-state index contributed by atoms with van der Waals surface area (Å²) in [6.45, 7) is 0.154. The van der Waals surface area contributed by atoms with Gasteiger partial charge in [0.1, 0.15) is 12.4 Å². The van der Waals surface area contributed by atoms with E-state index in [2.05, 4.69) is 19.4 Å². The molecule has 0 saturated heterocycles. The molecule has 0 aliphatic carbocycles. The number of rotatable bonds is 4. The first kappa shape index (κ1) is 12.2. The normalized spacial score (nSPS) is 9.94. The van der Waals surface area contributed by atoms with Gasteiger partial charge in [0.25, 0.3) is 0 Å². The van der Waals surface area contributed by atoms with Gasteiger partial charge in [-0.05, 0) is 0 Å². The Morgan fingerprint density at radius 1 is 1.19 bits per heavy atom. The van der Waals surface area contributed by atoms with Crippen molar-refractivity contribution in [1.29, 1.82) is 0 Å². The van der Waals surface area contributed by atoms with Gasteiger partial charge in [0.2, 0.25) is 0 Å². The molecule has 0 radical (unpaired) electrons. The number of methoxy groups -OCH3 is 3. The maximum Gasteiger partial charge on any atom is 0.359 e. The number of hydrogen-bond donors (Lipinski definition) is 1. The Kier molecular flexibility index (Phi) is 4.01. The molecule has 0 aliphatic heterocycles. The molecule has 0 aliphatic rings.